The van der Waals surface area contributed by atoms with Crippen molar-refractivity contribution in [3.8, 4) is 11.5 Å². The first kappa shape index (κ1) is 25.7. The molecule has 4 aromatic rings. The Balaban J connectivity index is 1.93. The standard InChI is InChI=1S/C26H22F3N3O5/c1-14-23-19(15(13-33)12-30-14)11-20(24(34)31-17-6-4-5-16(9-17)26(27,28)29)25(37-23)32-21-10-18(35-2)7-8-22(21)36-3/h4-12,33H,13H2,1-3H3,(H,31,34)/p+1. The van der Waals surface area contributed by atoms with Gasteiger partial charge >= 0.3 is 11.7 Å². The second-order valence-electron chi connectivity index (χ2n) is 7.98. The third-order valence-electron chi connectivity index (χ3n) is 5.59. The second-order valence-corrected chi connectivity index (χ2v) is 7.98. The van der Waals surface area contributed by atoms with Crippen molar-refractivity contribution in [2.75, 3.05) is 19.5 Å². The Morgan fingerprint density at radius 2 is 1.92 bits per heavy atom. The third-order valence-corrected chi connectivity index (χ3v) is 5.59. The molecule has 0 spiro atoms. The van der Waals surface area contributed by atoms with Gasteiger partial charge in [0.1, 0.15) is 5.75 Å². The summed E-state index contributed by atoms with van der Waals surface area (Å²) in [5, 5.41) is 12.7. The Morgan fingerprint density at radius 1 is 1.14 bits per heavy atom. The van der Waals surface area contributed by atoms with Gasteiger partial charge in [0.2, 0.25) is 0 Å². The number of carbonyl (C=O) groups is 1. The average Bonchev–Trinajstić information content (AvgIpc) is 2.88. The van der Waals surface area contributed by atoms with E-state index in [4.69, 9.17) is 13.9 Å². The summed E-state index contributed by atoms with van der Waals surface area (Å²) >= 11 is 0. The van der Waals surface area contributed by atoms with Crippen LogP contribution in [0.4, 0.5) is 24.5 Å². The number of aliphatic hydroxyl groups excluding tert-OH is 1. The lowest BCUT2D eigenvalue weighted by Crippen LogP contribution is -2.71. The minimum atomic E-state index is -4.57. The van der Waals surface area contributed by atoms with Crippen LogP contribution in [-0.2, 0) is 12.8 Å². The van der Waals surface area contributed by atoms with Crippen molar-refractivity contribution in [1.29, 1.82) is 0 Å². The highest BCUT2D eigenvalue weighted by molar-refractivity contribution is 6.05. The van der Waals surface area contributed by atoms with Gasteiger partial charge in [-0.3, -0.25) is 9.78 Å². The van der Waals surface area contributed by atoms with Crippen LogP contribution in [0, 0.1) is 6.92 Å². The van der Waals surface area contributed by atoms with E-state index in [0.29, 0.717) is 39.4 Å². The number of rotatable bonds is 6. The van der Waals surface area contributed by atoms with Gasteiger partial charge in [-0.05, 0) is 43.3 Å². The molecule has 0 aliphatic carbocycles. The molecule has 0 atom stereocenters. The van der Waals surface area contributed by atoms with Gasteiger partial charge in [-0.15, -0.1) is 0 Å². The van der Waals surface area contributed by atoms with E-state index in [1.807, 2.05) is 0 Å². The van der Waals surface area contributed by atoms with Crippen LogP contribution in [0.1, 0.15) is 27.2 Å². The third kappa shape index (κ3) is 5.41. The van der Waals surface area contributed by atoms with Crippen LogP contribution in [0.5, 0.6) is 11.5 Å². The lowest BCUT2D eigenvalue weighted by atomic mass is 10.1. The van der Waals surface area contributed by atoms with E-state index in [-0.39, 0.29) is 23.4 Å². The van der Waals surface area contributed by atoms with Crippen molar-refractivity contribution in [2.45, 2.75) is 19.7 Å². The van der Waals surface area contributed by atoms with E-state index in [1.54, 1.807) is 25.1 Å². The molecular formula is C26H23F3N3O5+. The number of halogens is 3. The first-order valence-electron chi connectivity index (χ1n) is 11.0. The second kappa shape index (κ2) is 10.3. The molecule has 37 heavy (non-hydrogen) atoms. The Morgan fingerprint density at radius 3 is 2.59 bits per heavy atom. The molecule has 0 bridgehead atoms. The van der Waals surface area contributed by atoms with Crippen molar-refractivity contribution in [3.63, 3.8) is 0 Å². The highest BCUT2D eigenvalue weighted by Crippen LogP contribution is 2.31. The van der Waals surface area contributed by atoms with Crippen LogP contribution in [0.25, 0.3) is 11.0 Å². The summed E-state index contributed by atoms with van der Waals surface area (Å²) in [6.07, 6.45) is -3.12. The number of methoxy groups -OCH3 is 2. The fourth-order valence-corrected chi connectivity index (χ4v) is 3.69. The fraction of sp³-hybridized carbons (Fsp3) is 0.192. The minimum absolute atomic E-state index is 0.0245. The summed E-state index contributed by atoms with van der Waals surface area (Å²) in [5.41, 5.74) is 0.600. The van der Waals surface area contributed by atoms with Crippen molar-refractivity contribution in [2.24, 2.45) is 0 Å². The van der Waals surface area contributed by atoms with E-state index >= 15 is 0 Å². The Bertz CT molecular complexity index is 1550. The smallest absolute Gasteiger partial charge is 0.416 e. The number of fused-ring (bicyclic) bond motifs is 1. The largest absolute Gasteiger partial charge is 0.497 e. The molecule has 2 aromatic heterocycles. The molecule has 1 amide bonds. The maximum atomic E-state index is 13.4. The van der Waals surface area contributed by atoms with Gasteiger partial charge in [0.25, 0.3) is 11.6 Å². The van der Waals surface area contributed by atoms with Crippen LogP contribution in [0.3, 0.4) is 0 Å². The number of hydrogen-bond acceptors (Lipinski definition) is 6. The molecular weight excluding hydrogens is 491 g/mol. The lowest BCUT2D eigenvalue weighted by Gasteiger charge is -2.10. The number of ether oxygens (including phenoxy) is 2. The number of aryl methyl sites for hydroxylation is 1. The molecule has 2 heterocycles. The first-order valence-corrected chi connectivity index (χ1v) is 11.0. The van der Waals surface area contributed by atoms with Gasteiger partial charge in [-0.1, -0.05) is 6.07 Å². The molecule has 0 saturated heterocycles. The molecule has 0 radical (unpaired) electrons. The van der Waals surface area contributed by atoms with Gasteiger partial charge in [0.15, 0.2) is 16.9 Å². The molecule has 4 rings (SSSR count). The maximum Gasteiger partial charge on any atom is 0.416 e. The van der Waals surface area contributed by atoms with E-state index in [2.05, 4.69) is 15.3 Å². The molecule has 11 heteroatoms. The maximum absolute atomic E-state index is 13.4. The monoisotopic (exact) mass is 514 g/mol. The number of benzene rings is 2. The molecule has 0 aliphatic rings. The van der Waals surface area contributed by atoms with Crippen LogP contribution < -0.4 is 25.3 Å². The van der Waals surface area contributed by atoms with Gasteiger partial charge in [-0.2, -0.15) is 18.2 Å². The van der Waals surface area contributed by atoms with Crippen molar-refractivity contribution in [3.05, 3.63) is 82.7 Å². The molecule has 0 fully saturated rings. The number of nitrogens with zero attached hydrogens (tertiary/aromatic N) is 1. The average molecular weight is 514 g/mol. The number of aromatic nitrogens is 1. The number of nitrogens with one attached hydrogen (secondary N) is 2. The highest BCUT2D eigenvalue weighted by atomic mass is 19.4. The lowest BCUT2D eigenvalue weighted by molar-refractivity contribution is -0.418. The minimum Gasteiger partial charge on any atom is -0.497 e. The molecule has 0 unspecified atom stereocenters. The molecule has 2 aromatic carbocycles. The summed E-state index contributed by atoms with van der Waals surface area (Å²) in [4.78, 5) is 20.6. The molecule has 3 N–H and O–H groups in total. The molecule has 192 valence electrons. The van der Waals surface area contributed by atoms with Gasteiger partial charge in [-0.25, -0.2) is 0 Å². The van der Waals surface area contributed by atoms with Gasteiger partial charge in [0.05, 0.1) is 38.2 Å². The van der Waals surface area contributed by atoms with Crippen LogP contribution in [0.15, 0.2) is 59.1 Å². The fourth-order valence-electron chi connectivity index (χ4n) is 3.69. The Kier molecular flexibility index (Phi) is 7.16. The van der Waals surface area contributed by atoms with E-state index < -0.39 is 17.6 Å². The first-order chi connectivity index (χ1) is 17.6. The SMILES string of the molecule is COc1ccc(OC)c([NH+]=c2oc3c(C)ncc(CO)c3cc2C(=O)Nc2cccc(C(F)(F)F)c2)c1. The number of carbonyl (C=O) groups excluding carboxylic acids is 1. The molecule has 8 nitrogen and oxygen atoms in total. The van der Waals surface area contributed by atoms with Crippen molar-refractivity contribution in [1.82, 2.24) is 4.98 Å². The predicted octanol–water partition coefficient (Wildman–Crippen LogP) is 3.23. The normalized spacial score (nSPS) is 12.0. The number of aliphatic hydroxyl groups is 1. The molecule has 0 saturated carbocycles. The van der Waals surface area contributed by atoms with Gasteiger partial charge in [0, 0.05) is 22.8 Å². The molecule has 0 aliphatic heterocycles. The zero-order valence-electron chi connectivity index (χ0n) is 20.1. The van der Waals surface area contributed by atoms with E-state index in [1.165, 1.54) is 38.6 Å². The van der Waals surface area contributed by atoms with Crippen LogP contribution >= 0.6 is 0 Å². The predicted molar refractivity (Wildman–Crippen MR) is 127 cm³/mol. The quantitative estimate of drug-likeness (QED) is 0.365. The van der Waals surface area contributed by atoms with Crippen LogP contribution in [-0.4, -0.2) is 30.2 Å². The summed E-state index contributed by atoms with van der Waals surface area (Å²) in [6, 6.07) is 10.7. The summed E-state index contributed by atoms with van der Waals surface area (Å²) < 4.78 is 56.2. The zero-order chi connectivity index (χ0) is 26.7. The van der Waals surface area contributed by atoms with E-state index in [9.17, 15) is 23.1 Å². The number of anilines is 1. The van der Waals surface area contributed by atoms with Crippen LogP contribution in [0.2, 0.25) is 0 Å². The Hall–Kier alpha value is -4.38. The number of amides is 1. The highest BCUT2D eigenvalue weighted by Gasteiger charge is 2.30. The number of pyridine rings is 1. The topological polar surface area (TPSA) is 108 Å². The summed E-state index contributed by atoms with van der Waals surface area (Å²) in [6.45, 7) is 1.33. The number of hydrogen-bond donors (Lipinski definition) is 3. The Labute approximate surface area is 209 Å². The van der Waals surface area contributed by atoms with Crippen molar-refractivity contribution < 1.29 is 42.0 Å². The summed E-state index contributed by atoms with van der Waals surface area (Å²) in [5.74, 6) is 0.173. The number of alkyl halides is 3. The zero-order valence-corrected chi connectivity index (χ0v) is 20.1. The van der Waals surface area contributed by atoms with Gasteiger partial charge < -0.3 is 24.3 Å². The van der Waals surface area contributed by atoms with E-state index in [0.717, 1.165) is 12.1 Å². The van der Waals surface area contributed by atoms with Crippen molar-refractivity contribution >= 4 is 28.3 Å². The summed E-state index contributed by atoms with van der Waals surface area (Å²) in [7, 11) is 2.96.